The van der Waals surface area contributed by atoms with Gasteiger partial charge >= 0.3 is 0 Å². The van der Waals surface area contributed by atoms with Crippen LogP contribution in [-0.4, -0.2) is 31.5 Å². The number of hydrogen-bond acceptors (Lipinski definition) is 5. The first-order valence-electron chi connectivity index (χ1n) is 12.7. The van der Waals surface area contributed by atoms with Crippen LogP contribution in [0.1, 0.15) is 97.2 Å². The van der Waals surface area contributed by atoms with Crippen molar-refractivity contribution in [3.8, 4) is 6.07 Å². The Hall–Kier alpha value is -1.74. The van der Waals surface area contributed by atoms with Crippen molar-refractivity contribution >= 4 is 5.78 Å². The van der Waals surface area contributed by atoms with E-state index in [1.165, 1.54) is 30.3 Å². The van der Waals surface area contributed by atoms with Crippen LogP contribution < -0.4 is 0 Å². The van der Waals surface area contributed by atoms with E-state index in [2.05, 4.69) is 24.0 Å². The second-order valence-electron chi connectivity index (χ2n) is 12.3. The number of aromatic nitrogens is 3. The van der Waals surface area contributed by atoms with Crippen LogP contribution in [0, 0.1) is 51.8 Å². The summed E-state index contributed by atoms with van der Waals surface area (Å²) in [6.07, 6.45) is 11.4. The van der Waals surface area contributed by atoms with Gasteiger partial charge in [0.15, 0.2) is 11.5 Å². The number of carbonyl (C=O) groups is 1. The summed E-state index contributed by atoms with van der Waals surface area (Å²) in [4.78, 5) is 15.0. The van der Waals surface area contributed by atoms with Gasteiger partial charge in [-0.3, -0.25) is 4.79 Å². The second-order valence-corrected chi connectivity index (χ2v) is 12.3. The Bertz CT molecular complexity index is 948. The summed E-state index contributed by atoms with van der Waals surface area (Å²) < 4.78 is 0. The average Bonchev–Trinajstić information content (AvgIpc) is 3.37. The van der Waals surface area contributed by atoms with E-state index in [0.717, 1.165) is 44.4 Å². The van der Waals surface area contributed by atoms with Crippen LogP contribution in [0.2, 0.25) is 0 Å². The molecule has 9 atom stereocenters. The number of fused-ring (bicyclic) bond motifs is 5. The van der Waals surface area contributed by atoms with Crippen molar-refractivity contribution in [1.29, 1.82) is 5.26 Å². The molecule has 6 heteroatoms. The van der Waals surface area contributed by atoms with Crippen molar-refractivity contribution in [2.24, 2.45) is 40.4 Å². The molecule has 4 aliphatic carbocycles. The molecular weight excluding hydrogens is 400 g/mol. The molecule has 0 amide bonds. The van der Waals surface area contributed by atoms with Gasteiger partial charge in [0.2, 0.25) is 0 Å². The zero-order valence-electron chi connectivity index (χ0n) is 20.0. The van der Waals surface area contributed by atoms with E-state index in [1.807, 2.05) is 19.9 Å². The van der Waals surface area contributed by atoms with Crippen LogP contribution in [0.15, 0.2) is 6.20 Å². The normalized spacial score (nSPS) is 46.4. The molecule has 0 aliphatic heterocycles. The van der Waals surface area contributed by atoms with Gasteiger partial charge in [-0.15, -0.1) is 5.10 Å². The molecule has 1 aromatic heterocycles. The third-order valence-corrected chi connectivity index (χ3v) is 10.7. The summed E-state index contributed by atoms with van der Waals surface area (Å²) in [5, 5.41) is 28.1. The molecule has 4 fully saturated rings. The number of aliphatic hydroxyl groups is 1. The maximum Gasteiger partial charge on any atom is 0.182 e. The molecule has 4 aliphatic rings. The number of nitrogens with zero attached hydrogens (tertiary/aromatic N) is 4. The Labute approximate surface area is 191 Å². The number of nitriles is 1. The highest BCUT2D eigenvalue weighted by molar-refractivity contribution is 5.85. The lowest BCUT2D eigenvalue weighted by molar-refractivity contribution is -0.151. The Morgan fingerprint density at radius 1 is 1.12 bits per heavy atom. The summed E-state index contributed by atoms with van der Waals surface area (Å²) >= 11 is 0. The minimum atomic E-state index is -0.493. The second kappa shape index (κ2) is 7.38. The zero-order chi connectivity index (χ0) is 22.9. The number of rotatable bonds is 3. The topological polar surface area (TPSA) is 91.8 Å². The fourth-order valence-electron chi connectivity index (χ4n) is 8.82. The number of hydrogen-bond donors (Lipinski definition) is 1. The van der Waals surface area contributed by atoms with Gasteiger partial charge in [-0.1, -0.05) is 13.8 Å². The number of ketones is 1. The van der Waals surface area contributed by atoms with Gasteiger partial charge in [-0.25, -0.2) is 0 Å². The molecule has 6 nitrogen and oxygen atoms in total. The Kier molecular flexibility index (Phi) is 5.09. The van der Waals surface area contributed by atoms with Crippen LogP contribution in [0.25, 0.3) is 0 Å². The summed E-state index contributed by atoms with van der Waals surface area (Å²) in [6, 6.07) is 1.58. The summed E-state index contributed by atoms with van der Waals surface area (Å²) in [5.41, 5.74) is 0.167. The Morgan fingerprint density at radius 3 is 2.59 bits per heavy atom. The lowest BCUT2D eigenvalue weighted by Crippen LogP contribution is -2.55. The van der Waals surface area contributed by atoms with Gasteiger partial charge in [0.1, 0.15) is 12.1 Å². The molecule has 1 N–H and O–H groups in total. The van der Waals surface area contributed by atoms with E-state index in [4.69, 9.17) is 5.26 Å². The quantitative estimate of drug-likeness (QED) is 0.739. The zero-order valence-corrected chi connectivity index (χ0v) is 20.0. The minimum Gasteiger partial charge on any atom is -0.390 e. The Balaban J connectivity index is 1.36. The summed E-state index contributed by atoms with van der Waals surface area (Å²) in [7, 11) is 0. The SMILES string of the molecule is C[C@H](C(=O)[C@H]1CC[C@H]2[C@@H]3CC[C@H]4C[C@](C)(O)CC[C@]4(C)[C@H]3CC[C@]12C)n1ncc(C#N)n1. The Morgan fingerprint density at radius 2 is 1.88 bits per heavy atom. The molecule has 0 bridgehead atoms. The van der Waals surface area contributed by atoms with Crippen LogP contribution >= 0.6 is 0 Å². The fourth-order valence-corrected chi connectivity index (χ4v) is 8.82. The van der Waals surface area contributed by atoms with Crippen LogP contribution in [0.4, 0.5) is 0 Å². The first-order valence-corrected chi connectivity index (χ1v) is 12.7. The van der Waals surface area contributed by atoms with Gasteiger partial charge in [-0.2, -0.15) is 15.2 Å². The predicted octanol–water partition coefficient (Wildman–Crippen LogP) is 4.69. The molecule has 0 radical (unpaired) electrons. The third kappa shape index (κ3) is 3.18. The van der Waals surface area contributed by atoms with Crippen LogP contribution in [-0.2, 0) is 4.79 Å². The van der Waals surface area contributed by atoms with E-state index in [-0.39, 0.29) is 22.8 Å². The molecule has 32 heavy (non-hydrogen) atoms. The van der Waals surface area contributed by atoms with Gasteiger partial charge < -0.3 is 5.11 Å². The van der Waals surface area contributed by atoms with E-state index in [1.54, 1.807) is 0 Å². The van der Waals surface area contributed by atoms with E-state index in [9.17, 15) is 9.90 Å². The number of Topliss-reactive ketones (excluding diaryl/α,β-unsaturated/α-hetero) is 1. The summed E-state index contributed by atoms with van der Waals surface area (Å²) in [6.45, 7) is 8.81. The van der Waals surface area contributed by atoms with E-state index >= 15 is 0 Å². The maximum absolute atomic E-state index is 13.6. The van der Waals surface area contributed by atoms with Crippen molar-refractivity contribution in [2.45, 2.75) is 97.1 Å². The monoisotopic (exact) mass is 438 g/mol. The van der Waals surface area contributed by atoms with Gasteiger partial charge in [0.05, 0.1) is 11.8 Å². The highest BCUT2D eigenvalue weighted by atomic mass is 16.3. The standard InChI is InChI=1S/C26H38N4O2/c1-16(30-28-15-18(14-27)29-30)23(31)22-8-7-20-19-6-5-17-13-24(2,32)11-12-25(17,3)21(19)9-10-26(20,22)4/h15-17,19-22,32H,5-13H2,1-4H3/t16-,17+,19+,20+,21+,22-,24-,25+,26+/m1/s1. The van der Waals surface area contributed by atoms with Crippen molar-refractivity contribution in [2.75, 3.05) is 0 Å². The molecule has 174 valence electrons. The van der Waals surface area contributed by atoms with Gasteiger partial charge in [0, 0.05) is 5.92 Å². The van der Waals surface area contributed by atoms with Crippen molar-refractivity contribution in [1.82, 2.24) is 15.0 Å². The highest BCUT2D eigenvalue weighted by Gasteiger charge is 2.62. The van der Waals surface area contributed by atoms with E-state index < -0.39 is 11.6 Å². The van der Waals surface area contributed by atoms with Crippen molar-refractivity contribution in [3.05, 3.63) is 11.9 Å². The van der Waals surface area contributed by atoms with Crippen LogP contribution in [0.3, 0.4) is 0 Å². The first kappa shape index (κ1) is 22.1. The average molecular weight is 439 g/mol. The van der Waals surface area contributed by atoms with Gasteiger partial charge in [-0.05, 0) is 106 Å². The molecule has 0 spiro atoms. The predicted molar refractivity (Wildman–Crippen MR) is 120 cm³/mol. The van der Waals surface area contributed by atoms with Gasteiger partial charge in [0.25, 0.3) is 0 Å². The summed E-state index contributed by atoms with van der Waals surface area (Å²) in [5.74, 6) is 2.98. The largest absolute Gasteiger partial charge is 0.390 e. The molecule has 1 heterocycles. The molecule has 0 unspecified atom stereocenters. The maximum atomic E-state index is 13.6. The van der Waals surface area contributed by atoms with Crippen LogP contribution in [0.5, 0.6) is 0 Å². The molecule has 5 rings (SSSR count). The molecule has 4 saturated carbocycles. The smallest absolute Gasteiger partial charge is 0.182 e. The molecular formula is C26H38N4O2. The lowest BCUT2D eigenvalue weighted by atomic mass is 9.44. The van der Waals surface area contributed by atoms with Crippen molar-refractivity contribution in [3.63, 3.8) is 0 Å². The molecule has 1 aromatic rings. The third-order valence-electron chi connectivity index (χ3n) is 10.7. The number of carbonyl (C=O) groups excluding carboxylic acids is 1. The molecule has 0 aromatic carbocycles. The fraction of sp³-hybridized carbons (Fsp3) is 0.846. The minimum absolute atomic E-state index is 0.0533. The highest BCUT2D eigenvalue weighted by Crippen LogP contribution is 2.68. The van der Waals surface area contributed by atoms with E-state index in [0.29, 0.717) is 23.2 Å². The van der Waals surface area contributed by atoms with Crippen molar-refractivity contribution < 1.29 is 9.90 Å². The lowest BCUT2D eigenvalue weighted by Gasteiger charge is -2.61. The first-order chi connectivity index (χ1) is 15.1. The molecule has 0 saturated heterocycles.